The molecule has 4 aromatic rings. The third-order valence-corrected chi connectivity index (χ3v) is 6.47. The molecule has 2 aromatic heterocycles. The van der Waals surface area contributed by atoms with Crippen molar-refractivity contribution in [1.82, 2.24) is 25.1 Å². The average Bonchev–Trinajstić information content (AvgIpc) is 3.27. The fourth-order valence-corrected chi connectivity index (χ4v) is 4.79. The van der Waals surface area contributed by atoms with Crippen LogP contribution in [-0.4, -0.2) is 44.8 Å². The van der Waals surface area contributed by atoms with Gasteiger partial charge in [-0.2, -0.15) is 4.52 Å². The van der Waals surface area contributed by atoms with Crippen molar-refractivity contribution in [3.05, 3.63) is 76.3 Å². The zero-order valence-electron chi connectivity index (χ0n) is 18.5. The lowest BCUT2D eigenvalue weighted by atomic mass is 10.0. The predicted molar refractivity (Wildman–Crippen MR) is 134 cm³/mol. The van der Waals surface area contributed by atoms with Crippen LogP contribution in [-0.2, 0) is 11.2 Å². The van der Waals surface area contributed by atoms with Gasteiger partial charge in [0.1, 0.15) is 5.82 Å². The number of halogens is 2. The number of carbonyl (C=O) groups is 1. The van der Waals surface area contributed by atoms with Gasteiger partial charge in [-0.15, -0.1) is 15.3 Å². The lowest BCUT2D eigenvalue weighted by Gasteiger charge is -2.33. The van der Waals surface area contributed by atoms with E-state index in [1.807, 2.05) is 30.3 Å². The van der Waals surface area contributed by atoms with Crippen LogP contribution in [0, 0.1) is 0 Å². The highest BCUT2D eigenvalue weighted by atomic mass is 35.5. The molecule has 1 amide bonds. The molecule has 1 aliphatic rings. The molecule has 7 nitrogen and oxygen atoms in total. The normalized spacial score (nSPS) is 14.5. The Balaban J connectivity index is 1.22. The molecule has 1 N–H and O–H groups in total. The maximum Gasteiger partial charge on any atom is 0.220 e. The number of carbonyl (C=O) groups excluding carboxylic acids is 1. The number of aromatic nitrogens is 4. The molecule has 5 rings (SSSR count). The summed E-state index contributed by atoms with van der Waals surface area (Å²) in [5.74, 6) is 1.54. The molecule has 0 unspecified atom stereocenters. The Morgan fingerprint density at radius 3 is 2.44 bits per heavy atom. The van der Waals surface area contributed by atoms with Gasteiger partial charge >= 0.3 is 0 Å². The van der Waals surface area contributed by atoms with Gasteiger partial charge in [0.15, 0.2) is 11.5 Å². The van der Waals surface area contributed by atoms with E-state index >= 15 is 0 Å². The van der Waals surface area contributed by atoms with Gasteiger partial charge in [-0.25, -0.2) is 0 Å². The van der Waals surface area contributed by atoms with Gasteiger partial charge in [0, 0.05) is 41.2 Å². The van der Waals surface area contributed by atoms with Crippen LogP contribution in [0.15, 0.2) is 60.7 Å². The number of fused-ring (bicyclic) bond motifs is 1. The van der Waals surface area contributed by atoms with Gasteiger partial charge < -0.3 is 10.2 Å². The third kappa shape index (κ3) is 5.16. The fourth-order valence-electron chi connectivity index (χ4n) is 4.27. The molecular weight excluding hydrogens is 471 g/mol. The van der Waals surface area contributed by atoms with E-state index in [0.29, 0.717) is 27.9 Å². The van der Waals surface area contributed by atoms with E-state index in [0.717, 1.165) is 43.7 Å². The first kappa shape index (κ1) is 22.6. The van der Waals surface area contributed by atoms with Crippen molar-refractivity contribution in [2.75, 3.05) is 18.0 Å². The van der Waals surface area contributed by atoms with Gasteiger partial charge in [0.2, 0.25) is 5.91 Å². The molecule has 34 heavy (non-hydrogen) atoms. The van der Waals surface area contributed by atoms with E-state index in [-0.39, 0.29) is 11.9 Å². The summed E-state index contributed by atoms with van der Waals surface area (Å²) in [6.07, 6.45) is 3.01. The SMILES string of the molecule is O=C(CCc1ccccc1)NC1CCN(c2ccc3nnc(-c4cc(Cl)cc(Cl)c4)n3n2)CC1. The Bertz CT molecular complexity index is 1280. The van der Waals surface area contributed by atoms with Crippen molar-refractivity contribution in [2.24, 2.45) is 0 Å². The number of rotatable bonds is 6. The molecule has 9 heteroatoms. The molecular formula is C25H24Cl2N6O. The molecule has 0 spiro atoms. The molecule has 0 aliphatic carbocycles. The van der Waals surface area contributed by atoms with Crippen LogP contribution in [0.2, 0.25) is 10.0 Å². The standard InChI is InChI=1S/C25H24Cl2N6O/c26-19-14-18(15-20(27)16-19)25-30-29-22-7-8-23(31-33(22)25)32-12-10-21(11-13-32)28-24(34)9-6-17-4-2-1-3-5-17/h1-5,7-8,14-16,21H,6,9-13H2,(H,28,34). The molecule has 1 aliphatic heterocycles. The Hall–Kier alpha value is -3.16. The molecule has 1 fully saturated rings. The Morgan fingerprint density at radius 2 is 1.71 bits per heavy atom. The predicted octanol–water partition coefficient (Wildman–Crippen LogP) is 4.82. The molecule has 0 bridgehead atoms. The number of aryl methyl sites for hydroxylation is 1. The number of hydrogen-bond acceptors (Lipinski definition) is 5. The first-order valence-electron chi connectivity index (χ1n) is 11.3. The van der Waals surface area contributed by atoms with Crippen LogP contribution >= 0.6 is 23.2 Å². The van der Waals surface area contributed by atoms with Crippen LogP contribution < -0.4 is 10.2 Å². The van der Waals surface area contributed by atoms with E-state index in [1.54, 1.807) is 22.7 Å². The van der Waals surface area contributed by atoms with Gasteiger partial charge in [0.05, 0.1) is 0 Å². The minimum absolute atomic E-state index is 0.108. The summed E-state index contributed by atoms with van der Waals surface area (Å²) >= 11 is 12.3. The van der Waals surface area contributed by atoms with Crippen LogP contribution in [0.1, 0.15) is 24.8 Å². The van der Waals surface area contributed by atoms with Gasteiger partial charge in [-0.05, 0) is 55.2 Å². The highest BCUT2D eigenvalue weighted by Gasteiger charge is 2.22. The summed E-state index contributed by atoms with van der Waals surface area (Å²) in [4.78, 5) is 14.6. The lowest BCUT2D eigenvalue weighted by Crippen LogP contribution is -2.45. The molecule has 1 saturated heterocycles. The van der Waals surface area contributed by atoms with E-state index in [4.69, 9.17) is 28.3 Å². The highest BCUT2D eigenvalue weighted by Crippen LogP contribution is 2.27. The summed E-state index contributed by atoms with van der Waals surface area (Å²) in [5.41, 5.74) is 2.59. The van der Waals surface area contributed by atoms with Crippen LogP contribution in [0.25, 0.3) is 17.0 Å². The Morgan fingerprint density at radius 1 is 0.971 bits per heavy atom. The van der Waals surface area contributed by atoms with Crippen molar-refractivity contribution in [2.45, 2.75) is 31.7 Å². The third-order valence-electron chi connectivity index (χ3n) is 6.04. The van der Waals surface area contributed by atoms with Crippen molar-refractivity contribution < 1.29 is 4.79 Å². The number of hydrogen-bond donors (Lipinski definition) is 1. The van der Waals surface area contributed by atoms with Crippen molar-refractivity contribution in [3.8, 4) is 11.4 Å². The number of anilines is 1. The highest BCUT2D eigenvalue weighted by molar-refractivity contribution is 6.35. The summed E-state index contributed by atoms with van der Waals surface area (Å²) in [6.45, 7) is 1.62. The quantitative estimate of drug-likeness (QED) is 0.415. The molecule has 0 radical (unpaired) electrons. The van der Waals surface area contributed by atoms with Crippen LogP contribution in [0.5, 0.6) is 0 Å². The second-order valence-electron chi connectivity index (χ2n) is 8.46. The molecule has 2 aromatic carbocycles. The van der Waals surface area contributed by atoms with Crippen LogP contribution in [0.4, 0.5) is 5.82 Å². The maximum atomic E-state index is 12.4. The summed E-state index contributed by atoms with van der Waals surface area (Å²) in [6, 6.07) is 19.4. The summed E-state index contributed by atoms with van der Waals surface area (Å²) in [7, 11) is 0. The van der Waals surface area contributed by atoms with Crippen LogP contribution in [0.3, 0.4) is 0 Å². The minimum atomic E-state index is 0.108. The molecule has 174 valence electrons. The molecule has 0 atom stereocenters. The van der Waals surface area contributed by atoms with E-state index in [2.05, 4.69) is 32.5 Å². The minimum Gasteiger partial charge on any atom is -0.355 e. The number of piperidine rings is 1. The maximum absolute atomic E-state index is 12.4. The summed E-state index contributed by atoms with van der Waals surface area (Å²) < 4.78 is 1.72. The largest absolute Gasteiger partial charge is 0.355 e. The first-order chi connectivity index (χ1) is 16.5. The van der Waals surface area contributed by atoms with Gasteiger partial charge in [-0.3, -0.25) is 4.79 Å². The van der Waals surface area contributed by atoms with E-state index in [1.165, 1.54) is 5.56 Å². The second kappa shape index (κ2) is 9.99. The topological polar surface area (TPSA) is 75.4 Å². The fraction of sp³-hybridized carbons (Fsp3) is 0.280. The van der Waals surface area contributed by atoms with Crippen molar-refractivity contribution in [3.63, 3.8) is 0 Å². The lowest BCUT2D eigenvalue weighted by molar-refractivity contribution is -0.121. The number of amides is 1. The first-order valence-corrected chi connectivity index (χ1v) is 12.1. The molecule has 3 heterocycles. The zero-order chi connectivity index (χ0) is 23.5. The smallest absolute Gasteiger partial charge is 0.220 e. The Labute approximate surface area is 207 Å². The molecule has 0 saturated carbocycles. The number of nitrogens with zero attached hydrogens (tertiary/aromatic N) is 5. The number of benzene rings is 2. The van der Waals surface area contributed by atoms with E-state index in [9.17, 15) is 4.79 Å². The average molecular weight is 495 g/mol. The van der Waals surface area contributed by atoms with Gasteiger partial charge in [0.25, 0.3) is 0 Å². The monoisotopic (exact) mass is 494 g/mol. The van der Waals surface area contributed by atoms with Crippen molar-refractivity contribution >= 4 is 40.6 Å². The van der Waals surface area contributed by atoms with Crippen molar-refractivity contribution in [1.29, 1.82) is 0 Å². The summed E-state index contributed by atoms with van der Waals surface area (Å²) in [5, 5.41) is 17.5. The Kier molecular flexibility index (Phi) is 6.65. The second-order valence-corrected chi connectivity index (χ2v) is 9.33. The zero-order valence-corrected chi connectivity index (χ0v) is 20.0. The number of nitrogens with one attached hydrogen (secondary N) is 1. The van der Waals surface area contributed by atoms with Gasteiger partial charge in [-0.1, -0.05) is 53.5 Å². The van der Waals surface area contributed by atoms with E-state index < -0.39 is 0 Å².